The van der Waals surface area contributed by atoms with E-state index in [1.54, 1.807) is 23.9 Å². The maximum atomic E-state index is 13.1. The second kappa shape index (κ2) is 7.79. The molecule has 2 aliphatic rings. The van der Waals surface area contributed by atoms with E-state index < -0.39 is 0 Å². The zero-order valence-electron chi connectivity index (χ0n) is 14.5. The summed E-state index contributed by atoms with van der Waals surface area (Å²) in [4.78, 5) is 15.1. The monoisotopic (exact) mass is 400 g/mol. The molecule has 27 heavy (non-hydrogen) atoms. The summed E-state index contributed by atoms with van der Waals surface area (Å²) in [5.41, 5.74) is 3.56. The van der Waals surface area contributed by atoms with E-state index in [2.05, 4.69) is 15.6 Å². The Labute approximate surface area is 166 Å². The van der Waals surface area contributed by atoms with Gasteiger partial charge in [-0.1, -0.05) is 35.5 Å². The number of fused-ring (bicyclic) bond motifs is 1. The first-order chi connectivity index (χ1) is 13.1. The number of carbonyl (C=O) groups is 1. The lowest BCUT2D eigenvalue weighted by Crippen LogP contribution is -2.21. The molecule has 2 aliphatic heterocycles. The largest absolute Gasteiger partial charge is 0.335 e. The molecule has 0 aromatic heterocycles. The molecule has 0 unspecified atom stereocenters. The van der Waals surface area contributed by atoms with Crippen molar-refractivity contribution in [2.24, 2.45) is 0 Å². The average Bonchev–Trinajstić information content (AvgIpc) is 2.96. The van der Waals surface area contributed by atoms with Gasteiger partial charge in [0.15, 0.2) is 0 Å². The molecule has 2 aromatic rings. The summed E-state index contributed by atoms with van der Waals surface area (Å²) in [7, 11) is 0. The Morgan fingerprint density at radius 3 is 2.56 bits per heavy atom. The van der Waals surface area contributed by atoms with Gasteiger partial charge < -0.3 is 10.2 Å². The number of carbonyl (C=O) groups excluding carboxylic acids is 1. The highest BCUT2D eigenvalue weighted by atomic mass is 35.5. The smallest absolute Gasteiger partial charge is 0.254 e. The van der Waals surface area contributed by atoms with Crippen LogP contribution in [-0.2, 0) is 4.79 Å². The summed E-state index contributed by atoms with van der Waals surface area (Å²) in [6.45, 7) is 0.879. The molecule has 2 aromatic carbocycles. The van der Waals surface area contributed by atoms with Crippen molar-refractivity contribution in [3.05, 3.63) is 80.9 Å². The summed E-state index contributed by atoms with van der Waals surface area (Å²) in [6.07, 6.45) is 2.70. The third kappa shape index (κ3) is 3.89. The van der Waals surface area contributed by atoms with Crippen LogP contribution in [0.2, 0.25) is 5.02 Å². The first kappa shape index (κ1) is 18.1. The number of nitrogens with zero attached hydrogens (tertiary/aromatic N) is 1. The fourth-order valence-electron chi connectivity index (χ4n) is 3.28. The Kier molecular flexibility index (Phi) is 5.23. The summed E-state index contributed by atoms with van der Waals surface area (Å²) in [5, 5.41) is 6.68. The standard InChI is InChI=1S/C21H18ClFN2OS/c22-15-6-4-14(5-7-15)19-13-27-21-18(3-1-2-12-25(19)21)20(26)24-17-10-8-16(23)9-11-17/h4-11,13H,1-3,12H2,(H,24,26). The summed E-state index contributed by atoms with van der Waals surface area (Å²) >= 11 is 7.60. The van der Waals surface area contributed by atoms with Gasteiger partial charge >= 0.3 is 0 Å². The highest BCUT2D eigenvalue weighted by molar-refractivity contribution is 8.06. The molecule has 0 radical (unpaired) electrons. The summed E-state index contributed by atoms with van der Waals surface area (Å²) in [5.74, 6) is -0.444. The first-order valence-electron chi connectivity index (χ1n) is 8.82. The zero-order valence-corrected chi connectivity index (χ0v) is 16.1. The lowest BCUT2D eigenvalue weighted by molar-refractivity contribution is -0.113. The van der Waals surface area contributed by atoms with Crippen LogP contribution in [0.1, 0.15) is 24.8 Å². The third-order valence-corrected chi connectivity index (χ3v) is 5.93. The average molecular weight is 401 g/mol. The molecule has 0 aliphatic carbocycles. The van der Waals surface area contributed by atoms with Crippen molar-refractivity contribution in [2.45, 2.75) is 19.3 Å². The Hall–Kier alpha value is -2.24. The molecule has 138 valence electrons. The third-order valence-electron chi connectivity index (χ3n) is 4.65. The maximum absolute atomic E-state index is 13.1. The SMILES string of the molecule is O=C(Nc1ccc(F)cc1)C1=C2SC=C(c3ccc(Cl)cc3)N2CCCC1. The maximum Gasteiger partial charge on any atom is 0.254 e. The Balaban J connectivity index is 1.60. The van der Waals surface area contributed by atoms with Gasteiger partial charge in [-0.05, 0) is 61.2 Å². The van der Waals surface area contributed by atoms with Gasteiger partial charge in [-0.3, -0.25) is 4.79 Å². The molecule has 1 amide bonds. The summed E-state index contributed by atoms with van der Waals surface area (Å²) < 4.78 is 13.1. The Morgan fingerprint density at radius 1 is 1.07 bits per heavy atom. The normalized spacial score (nSPS) is 16.7. The predicted octanol–water partition coefficient (Wildman–Crippen LogP) is 5.86. The zero-order chi connectivity index (χ0) is 18.8. The van der Waals surface area contributed by atoms with Crippen molar-refractivity contribution in [1.82, 2.24) is 4.90 Å². The molecule has 6 heteroatoms. The van der Waals surface area contributed by atoms with Crippen LogP contribution in [0.25, 0.3) is 5.70 Å². The van der Waals surface area contributed by atoms with Gasteiger partial charge in [0.25, 0.3) is 5.91 Å². The number of hydrogen-bond acceptors (Lipinski definition) is 3. The van der Waals surface area contributed by atoms with Gasteiger partial charge in [0.1, 0.15) is 5.82 Å². The molecule has 1 N–H and O–H groups in total. The van der Waals surface area contributed by atoms with E-state index in [0.717, 1.165) is 47.7 Å². The molecule has 0 bridgehead atoms. The van der Waals surface area contributed by atoms with Crippen molar-refractivity contribution in [3.63, 3.8) is 0 Å². The fourth-order valence-corrected chi connectivity index (χ4v) is 4.54. The molecule has 2 heterocycles. The van der Waals surface area contributed by atoms with E-state index in [1.807, 2.05) is 24.3 Å². The van der Waals surface area contributed by atoms with Crippen molar-refractivity contribution in [2.75, 3.05) is 11.9 Å². The van der Waals surface area contributed by atoms with E-state index in [4.69, 9.17) is 11.6 Å². The molecule has 3 nitrogen and oxygen atoms in total. The number of amides is 1. The highest BCUT2D eigenvalue weighted by Crippen LogP contribution is 2.44. The lowest BCUT2D eigenvalue weighted by atomic mass is 10.1. The van der Waals surface area contributed by atoms with Crippen molar-refractivity contribution in [1.29, 1.82) is 0 Å². The predicted molar refractivity (Wildman–Crippen MR) is 110 cm³/mol. The number of thioether (sulfide) groups is 1. The van der Waals surface area contributed by atoms with Crippen LogP contribution in [0, 0.1) is 5.82 Å². The summed E-state index contributed by atoms with van der Waals surface area (Å²) in [6, 6.07) is 13.6. The number of rotatable bonds is 3. The van der Waals surface area contributed by atoms with E-state index in [1.165, 1.54) is 12.1 Å². The molecule has 0 atom stereocenters. The van der Waals surface area contributed by atoms with Crippen LogP contribution in [-0.4, -0.2) is 17.4 Å². The molecular weight excluding hydrogens is 383 g/mol. The van der Waals surface area contributed by atoms with Gasteiger partial charge in [-0.25, -0.2) is 4.39 Å². The van der Waals surface area contributed by atoms with Crippen LogP contribution >= 0.6 is 23.4 Å². The molecule has 0 saturated heterocycles. The minimum absolute atomic E-state index is 0.123. The number of nitrogens with one attached hydrogen (secondary N) is 1. The van der Waals surface area contributed by atoms with Crippen molar-refractivity contribution < 1.29 is 9.18 Å². The highest BCUT2D eigenvalue weighted by Gasteiger charge is 2.29. The van der Waals surface area contributed by atoms with Gasteiger partial charge in [-0.15, -0.1) is 0 Å². The first-order valence-corrected chi connectivity index (χ1v) is 10.1. The Morgan fingerprint density at radius 2 is 1.81 bits per heavy atom. The lowest BCUT2D eigenvalue weighted by Gasteiger charge is -2.23. The molecule has 0 fully saturated rings. The molecular formula is C21H18ClFN2OS. The molecule has 0 spiro atoms. The fraction of sp³-hybridized carbons (Fsp3) is 0.190. The van der Waals surface area contributed by atoms with E-state index in [9.17, 15) is 9.18 Å². The molecule has 4 rings (SSSR count). The van der Waals surface area contributed by atoms with Crippen LogP contribution in [0.15, 0.2) is 64.5 Å². The van der Waals surface area contributed by atoms with Gasteiger partial charge in [0.05, 0.1) is 10.7 Å². The second-order valence-electron chi connectivity index (χ2n) is 6.48. The Bertz CT molecular complexity index is 922. The van der Waals surface area contributed by atoms with Crippen molar-refractivity contribution in [3.8, 4) is 0 Å². The number of benzene rings is 2. The van der Waals surface area contributed by atoms with Crippen LogP contribution < -0.4 is 5.32 Å². The van der Waals surface area contributed by atoms with E-state index in [-0.39, 0.29) is 11.7 Å². The van der Waals surface area contributed by atoms with Crippen LogP contribution in [0.5, 0.6) is 0 Å². The van der Waals surface area contributed by atoms with Gasteiger partial charge in [0.2, 0.25) is 0 Å². The van der Waals surface area contributed by atoms with Crippen LogP contribution in [0.3, 0.4) is 0 Å². The second-order valence-corrected chi connectivity index (χ2v) is 7.78. The van der Waals surface area contributed by atoms with Crippen LogP contribution in [0.4, 0.5) is 10.1 Å². The van der Waals surface area contributed by atoms with Gasteiger partial charge in [0, 0.05) is 28.2 Å². The number of hydrogen-bond donors (Lipinski definition) is 1. The van der Waals surface area contributed by atoms with E-state index in [0.29, 0.717) is 10.7 Å². The topological polar surface area (TPSA) is 32.3 Å². The minimum Gasteiger partial charge on any atom is -0.335 e. The number of anilines is 1. The van der Waals surface area contributed by atoms with Crippen molar-refractivity contribution >= 4 is 40.7 Å². The van der Waals surface area contributed by atoms with Gasteiger partial charge in [-0.2, -0.15) is 0 Å². The molecule has 0 saturated carbocycles. The quantitative estimate of drug-likeness (QED) is 0.700. The minimum atomic E-state index is -0.321. The van der Waals surface area contributed by atoms with E-state index >= 15 is 0 Å². The number of halogens is 2.